The summed E-state index contributed by atoms with van der Waals surface area (Å²) in [6, 6.07) is 5.67. The summed E-state index contributed by atoms with van der Waals surface area (Å²) < 4.78 is 12.1. The Balaban J connectivity index is 2.37. The molecule has 4 nitrogen and oxygen atoms in total. The van der Waals surface area contributed by atoms with E-state index in [1.165, 1.54) is 0 Å². The maximum atomic E-state index is 11.6. The topological polar surface area (TPSA) is 61.6 Å². The fourth-order valence-corrected chi connectivity index (χ4v) is 2.43. The molecule has 1 aromatic rings. The fraction of sp³-hybridized carbons (Fsp3) is 0.500. The zero-order valence-electron chi connectivity index (χ0n) is 14.9. The largest absolute Gasteiger partial charge is 0.491 e. The van der Waals surface area contributed by atoms with Crippen molar-refractivity contribution in [2.24, 2.45) is 5.73 Å². The van der Waals surface area contributed by atoms with Crippen molar-refractivity contribution >= 4 is 19.0 Å². The minimum atomic E-state index is -0.467. The number of hydrogen-bond donors (Lipinski definition) is 1. The summed E-state index contributed by atoms with van der Waals surface area (Å²) in [5.74, 6) is 0.0459. The number of Topliss-reactive ketones (excluding diaryl/α,β-unsaturated/α-hetero) is 1. The van der Waals surface area contributed by atoms with E-state index in [2.05, 4.69) is 0 Å². The minimum Gasteiger partial charge on any atom is -0.400 e. The smallest absolute Gasteiger partial charge is 0.400 e. The van der Waals surface area contributed by atoms with E-state index in [4.69, 9.17) is 15.0 Å². The van der Waals surface area contributed by atoms with Crippen LogP contribution >= 0.6 is 0 Å². The van der Waals surface area contributed by atoms with Crippen molar-refractivity contribution in [3.05, 3.63) is 40.4 Å². The van der Waals surface area contributed by atoms with Crippen molar-refractivity contribution < 1.29 is 14.1 Å². The molecule has 1 fully saturated rings. The van der Waals surface area contributed by atoms with Crippen LogP contribution in [0.3, 0.4) is 0 Å². The van der Waals surface area contributed by atoms with Gasteiger partial charge in [0, 0.05) is 12.1 Å². The molecule has 0 bridgehead atoms. The lowest BCUT2D eigenvalue weighted by atomic mass is 9.76. The van der Waals surface area contributed by atoms with Gasteiger partial charge in [-0.1, -0.05) is 18.2 Å². The molecule has 1 aromatic carbocycles. The molecule has 1 heterocycles. The third-order valence-corrected chi connectivity index (χ3v) is 4.82. The summed E-state index contributed by atoms with van der Waals surface area (Å²) in [7, 11) is -0.467. The fourth-order valence-electron chi connectivity index (χ4n) is 2.43. The van der Waals surface area contributed by atoms with Crippen LogP contribution in [0.2, 0.25) is 0 Å². The predicted molar refractivity (Wildman–Crippen MR) is 94.3 cm³/mol. The van der Waals surface area contributed by atoms with E-state index >= 15 is 0 Å². The van der Waals surface area contributed by atoms with E-state index in [0.717, 1.165) is 16.6 Å². The number of hydrogen-bond acceptors (Lipinski definition) is 4. The molecule has 1 aliphatic heterocycles. The van der Waals surface area contributed by atoms with E-state index in [-0.39, 0.29) is 5.78 Å². The zero-order valence-corrected chi connectivity index (χ0v) is 14.9. The average molecular weight is 315 g/mol. The SMILES string of the molecule is CC(=O)c1ccc(C)c(C=C(CN)B2OC(C)(C)C(C)(C)O2)c1. The second-order valence-electron chi connectivity index (χ2n) is 7.14. The van der Waals surface area contributed by atoms with Gasteiger partial charge in [-0.3, -0.25) is 4.79 Å². The van der Waals surface area contributed by atoms with Crippen molar-refractivity contribution in [3.63, 3.8) is 0 Å². The number of nitrogens with two attached hydrogens (primary N) is 1. The van der Waals surface area contributed by atoms with Gasteiger partial charge in [0.2, 0.25) is 0 Å². The molecule has 5 heteroatoms. The molecule has 23 heavy (non-hydrogen) atoms. The van der Waals surface area contributed by atoms with E-state index in [1.54, 1.807) is 6.92 Å². The first-order chi connectivity index (χ1) is 10.6. The maximum absolute atomic E-state index is 11.6. The lowest BCUT2D eigenvalue weighted by molar-refractivity contribution is 0.00578. The molecule has 0 radical (unpaired) electrons. The van der Waals surface area contributed by atoms with Gasteiger partial charge in [0.05, 0.1) is 11.2 Å². The van der Waals surface area contributed by atoms with Crippen molar-refractivity contribution in [1.82, 2.24) is 0 Å². The summed E-state index contributed by atoms with van der Waals surface area (Å²) in [6.45, 7) is 12.0. The highest BCUT2D eigenvalue weighted by atomic mass is 16.7. The van der Waals surface area contributed by atoms with Gasteiger partial charge in [-0.05, 0) is 64.2 Å². The molecule has 0 aromatic heterocycles. The van der Waals surface area contributed by atoms with Crippen LogP contribution in [0.25, 0.3) is 6.08 Å². The van der Waals surface area contributed by atoms with Crippen LogP contribution in [0.15, 0.2) is 23.7 Å². The Morgan fingerprint density at radius 1 is 1.22 bits per heavy atom. The van der Waals surface area contributed by atoms with Gasteiger partial charge in [-0.15, -0.1) is 0 Å². The molecule has 0 atom stereocenters. The second-order valence-corrected chi connectivity index (χ2v) is 7.14. The molecule has 0 aliphatic carbocycles. The van der Waals surface area contributed by atoms with Gasteiger partial charge in [0.15, 0.2) is 5.78 Å². The van der Waals surface area contributed by atoms with Crippen LogP contribution in [-0.2, 0) is 9.31 Å². The monoisotopic (exact) mass is 315 g/mol. The Morgan fingerprint density at radius 3 is 2.26 bits per heavy atom. The first-order valence-electron chi connectivity index (χ1n) is 7.95. The number of rotatable bonds is 4. The standard InChI is InChI=1S/C18H26BNO3/c1-12-7-8-14(13(2)21)9-15(12)10-16(11-20)19-22-17(3,4)18(5,6)23-19/h7-10H,11,20H2,1-6H3. The lowest BCUT2D eigenvalue weighted by Gasteiger charge is -2.32. The van der Waals surface area contributed by atoms with E-state index < -0.39 is 18.3 Å². The highest BCUT2D eigenvalue weighted by Gasteiger charge is 2.52. The van der Waals surface area contributed by atoms with E-state index in [0.29, 0.717) is 12.1 Å². The normalized spacial score (nSPS) is 20.0. The van der Waals surface area contributed by atoms with Gasteiger partial charge in [0.1, 0.15) is 0 Å². The Hall–Kier alpha value is -1.43. The molecular formula is C18H26BNO3. The number of carbonyl (C=O) groups excluding carboxylic acids is 1. The van der Waals surface area contributed by atoms with Crippen LogP contribution < -0.4 is 5.73 Å². The van der Waals surface area contributed by atoms with Crippen molar-refractivity contribution in [2.45, 2.75) is 52.7 Å². The molecule has 2 N–H and O–H groups in total. The lowest BCUT2D eigenvalue weighted by Crippen LogP contribution is -2.41. The summed E-state index contributed by atoms with van der Waals surface area (Å²) in [5, 5.41) is 0. The Bertz CT molecular complexity index is 634. The van der Waals surface area contributed by atoms with E-state index in [9.17, 15) is 4.79 Å². The van der Waals surface area contributed by atoms with Crippen LogP contribution in [0.1, 0.15) is 56.1 Å². The highest BCUT2D eigenvalue weighted by molar-refractivity contribution is 6.55. The minimum absolute atomic E-state index is 0.0459. The zero-order chi connectivity index (χ0) is 17.4. The first kappa shape index (κ1) is 17.9. The number of aryl methyl sites for hydroxylation is 1. The molecule has 0 unspecified atom stereocenters. The predicted octanol–water partition coefficient (Wildman–Crippen LogP) is 3.17. The third kappa shape index (κ3) is 3.57. The number of ketones is 1. The number of carbonyl (C=O) groups is 1. The molecule has 0 spiro atoms. The summed E-state index contributed by atoms with van der Waals surface area (Å²) in [5.41, 5.74) is 8.73. The van der Waals surface area contributed by atoms with Crippen LogP contribution in [0, 0.1) is 6.92 Å². The molecule has 0 saturated carbocycles. The van der Waals surface area contributed by atoms with E-state index in [1.807, 2.05) is 58.9 Å². The van der Waals surface area contributed by atoms with Gasteiger partial charge in [-0.2, -0.15) is 0 Å². The molecule has 1 saturated heterocycles. The van der Waals surface area contributed by atoms with Crippen molar-refractivity contribution in [2.75, 3.05) is 6.54 Å². The summed E-state index contributed by atoms with van der Waals surface area (Å²) in [6.07, 6.45) is 1.98. The van der Waals surface area contributed by atoms with Crippen molar-refractivity contribution in [1.29, 1.82) is 0 Å². The maximum Gasteiger partial charge on any atom is 0.491 e. The quantitative estimate of drug-likeness (QED) is 0.685. The first-order valence-corrected chi connectivity index (χ1v) is 7.95. The molecule has 2 rings (SSSR count). The molecule has 1 aliphatic rings. The Kier molecular flexibility index (Phi) is 4.85. The van der Waals surface area contributed by atoms with Gasteiger partial charge < -0.3 is 15.0 Å². The second kappa shape index (κ2) is 6.23. The molecule has 0 amide bonds. The Morgan fingerprint density at radius 2 is 1.78 bits per heavy atom. The molecule has 124 valence electrons. The highest BCUT2D eigenvalue weighted by Crippen LogP contribution is 2.38. The Labute approximate surface area is 139 Å². The van der Waals surface area contributed by atoms with Gasteiger partial charge in [0.25, 0.3) is 0 Å². The summed E-state index contributed by atoms with van der Waals surface area (Å²) in [4.78, 5) is 11.6. The molecular weight excluding hydrogens is 289 g/mol. The van der Waals surface area contributed by atoms with Crippen LogP contribution in [0.5, 0.6) is 0 Å². The van der Waals surface area contributed by atoms with Gasteiger partial charge in [-0.25, -0.2) is 0 Å². The third-order valence-electron chi connectivity index (χ3n) is 4.82. The van der Waals surface area contributed by atoms with Gasteiger partial charge >= 0.3 is 7.12 Å². The average Bonchev–Trinajstić information content (AvgIpc) is 2.66. The van der Waals surface area contributed by atoms with Crippen LogP contribution in [0.4, 0.5) is 0 Å². The summed E-state index contributed by atoms with van der Waals surface area (Å²) >= 11 is 0. The van der Waals surface area contributed by atoms with Crippen LogP contribution in [-0.4, -0.2) is 30.6 Å². The van der Waals surface area contributed by atoms with Crippen molar-refractivity contribution in [3.8, 4) is 0 Å². The number of benzene rings is 1.